The minimum absolute atomic E-state index is 0.0316. The van der Waals surface area contributed by atoms with Gasteiger partial charge in [0.25, 0.3) is 11.8 Å². The van der Waals surface area contributed by atoms with E-state index >= 15 is 0 Å². The van der Waals surface area contributed by atoms with E-state index in [0.29, 0.717) is 16.9 Å². The van der Waals surface area contributed by atoms with Crippen LogP contribution in [0.25, 0.3) is 16.5 Å². The zero-order chi connectivity index (χ0) is 18.7. The molecule has 1 aromatic heterocycles. The number of H-pyrrole nitrogens is 1. The van der Waals surface area contributed by atoms with Crippen LogP contribution in [0.1, 0.15) is 22.7 Å². The number of phenols is 1. The molecule has 0 saturated heterocycles. The summed E-state index contributed by atoms with van der Waals surface area (Å²) in [7, 11) is 1.48. The Kier molecular flexibility index (Phi) is 3.09. The van der Waals surface area contributed by atoms with Gasteiger partial charge >= 0.3 is 0 Å². The Morgan fingerprint density at radius 2 is 1.96 bits per heavy atom. The second-order valence-corrected chi connectivity index (χ2v) is 6.51. The Hall–Kier alpha value is -3.74. The SMILES string of the molecule is COc1cc(C2NC3=C(C(=O)NC3=O)c3c[nH]c4cccc2c34)ccc1O. The van der Waals surface area contributed by atoms with E-state index in [4.69, 9.17) is 4.74 Å². The molecule has 2 aromatic carbocycles. The highest BCUT2D eigenvalue weighted by atomic mass is 16.5. The molecule has 7 nitrogen and oxygen atoms in total. The summed E-state index contributed by atoms with van der Waals surface area (Å²) < 4.78 is 5.23. The summed E-state index contributed by atoms with van der Waals surface area (Å²) in [6, 6.07) is 10.4. The molecule has 0 aliphatic carbocycles. The fourth-order valence-corrected chi connectivity index (χ4v) is 3.86. The second-order valence-electron chi connectivity index (χ2n) is 6.51. The van der Waals surface area contributed by atoms with E-state index in [-0.39, 0.29) is 11.4 Å². The molecule has 2 aliphatic rings. The number of methoxy groups -OCH3 is 1. The third-order valence-corrected chi connectivity index (χ3v) is 5.08. The van der Waals surface area contributed by atoms with Crippen LogP contribution >= 0.6 is 0 Å². The molecule has 27 heavy (non-hydrogen) atoms. The molecule has 0 saturated carbocycles. The van der Waals surface area contributed by atoms with Gasteiger partial charge in [0.15, 0.2) is 11.5 Å². The molecule has 0 fully saturated rings. The van der Waals surface area contributed by atoms with Gasteiger partial charge in [-0.2, -0.15) is 0 Å². The minimum Gasteiger partial charge on any atom is -0.504 e. The number of imide groups is 1. The zero-order valence-corrected chi connectivity index (χ0v) is 14.3. The summed E-state index contributed by atoms with van der Waals surface area (Å²) in [5.74, 6) is -0.500. The van der Waals surface area contributed by atoms with Crippen molar-refractivity contribution in [1.29, 1.82) is 0 Å². The molecule has 0 bridgehead atoms. The highest BCUT2D eigenvalue weighted by Gasteiger charge is 2.37. The number of aromatic hydroxyl groups is 1. The van der Waals surface area contributed by atoms with Crippen LogP contribution in [0.5, 0.6) is 11.5 Å². The van der Waals surface area contributed by atoms with Crippen molar-refractivity contribution < 1.29 is 19.4 Å². The van der Waals surface area contributed by atoms with Crippen molar-refractivity contribution in [2.75, 3.05) is 7.11 Å². The molecule has 1 unspecified atom stereocenters. The van der Waals surface area contributed by atoms with Crippen LogP contribution in [0, 0.1) is 0 Å². The highest BCUT2D eigenvalue weighted by Crippen LogP contribution is 2.41. The standard InChI is InChI=1S/C20H15N3O4/c1-27-14-7-9(5-6-13(14)24)17-10-3-2-4-12-15(10)11(8-21-12)16-18(22-17)20(26)23-19(16)25/h2-8,17,21-22,24H,1H3,(H,23,25,26). The lowest BCUT2D eigenvalue weighted by Crippen LogP contribution is -2.30. The Labute approximate surface area is 153 Å². The van der Waals surface area contributed by atoms with Crippen LogP contribution < -0.4 is 15.4 Å². The van der Waals surface area contributed by atoms with Gasteiger partial charge in [0.05, 0.1) is 18.7 Å². The van der Waals surface area contributed by atoms with E-state index in [9.17, 15) is 14.7 Å². The molecule has 5 rings (SSSR count). The van der Waals surface area contributed by atoms with Crippen LogP contribution in [-0.4, -0.2) is 29.0 Å². The topological polar surface area (TPSA) is 103 Å². The van der Waals surface area contributed by atoms with Gasteiger partial charge in [-0.3, -0.25) is 14.9 Å². The zero-order valence-electron chi connectivity index (χ0n) is 14.3. The first-order valence-corrected chi connectivity index (χ1v) is 8.42. The fraction of sp³-hybridized carbons (Fsp3) is 0.100. The van der Waals surface area contributed by atoms with E-state index in [0.717, 1.165) is 22.0 Å². The first-order valence-electron chi connectivity index (χ1n) is 8.42. The largest absolute Gasteiger partial charge is 0.504 e. The number of hydrogen-bond donors (Lipinski definition) is 4. The number of benzene rings is 2. The van der Waals surface area contributed by atoms with Gasteiger partial charge in [-0.1, -0.05) is 18.2 Å². The molecular formula is C20H15N3O4. The molecule has 2 amide bonds. The summed E-state index contributed by atoms with van der Waals surface area (Å²) in [5, 5.41) is 16.4. The number of carbonyl (C=O) groups is 2. The van der Waals surface area contributed by atoms with E-state index < -0.39 is 17.9 Å². The van der Waals surface area contributed by atoms with Gasteiger partial charge in [-0.25, -0.2) is 0 Å². The lowest BCUT2D eigenvalue weighted by Gasteiger charge is -2.21. The molecular weight excluding hydrogens is 346 g/mol. The molecule has 7 heteroatoms. The number of hydrogen-bond acceptors (Lipinski definition) is 5. The maximum Gasteiger partial charge on any atom is 0.275 e. The van der Waals surface area contributed by atoms with Gasteiger partial charge in [-0.05, 0) is 29.3 Å². The lowest BCUT2D eigenvalue weighted by atomic mass is 9.94. The van der Waals surface area contributed by atoms with E-state index in [1.165, 1.54) is 7.11 Å². The van der Waals surface area contributed by atoms with Crippen molar-refractivity contribution >= 4 is 28.3 Å². The highest BCUT2D eigenvalue weighted by molar-refractivity contribution is 6.37. The first-order chi connectivity index (χ1) is 13.1. The van der Waals surface area contributed by atoms with Gasteiger partial charge in [-0.15, -0.1) is 0 Å². The third-order valence-electron chi connectivity index (χ3n) is 5.08. The summed E-state index contributed by atoms with van der Waals surface area (Å²) in [5.41, 5.74) is 3.87. The number of fused-ring (bicyclic) bond motifs is 1. The van der Waals surface area contributed by atoms with Crippen molar-refractivity contribution in [2.45, 2.75) is 6.04 Å². The van der Waals surface area contributed by atoms with Crippen LogP contribution in [-0.2, 0) is 9.59 Å². The van der Waals surface area contributed by atoms with Crippen molar-refractivity contribution in [3.63, 3.8) is 0 Å². The summed E-state index contributed by atoms with van der Waals surface area (Å²) in [6.07, 6.45) is 1.75. The maximum atomic E-state index is 12.4. The van der Waals surface area contributed by atoms with Crippen molar-refractivity contribution in [3.8, 4) is 11.5 Å². The number of carbonyl (C=O) groups excluding carboxylic acids is 2. The van der Waals surface area contributed by atoms with Gasteiger partial charge in [0.2, 0.25) is 0 Å². The Morgan fingerprint density at radius 3 is 2.78 bits per heavy atom. The Balaban J connectivity index is 1.81. The molecule has 4 N–H and O–H groups in total. The Bertz CT molecular complexity index is 1180. The number of phenolic OH excluding ortho intramolecular Hbond substituents is 1. The summed E-state index contributed by atoms with van der Waals surface area (Å²) in [4.78, 5) is 28.0. The number of aromatic nitrogens is 1. The molecule has 134 valence electrons. The molecule has 1 atom stereocenters. The number of ether oxygens (including phenoxy) is 1. The van der Waals surface area contributed by atoms with Crippen LogP contribution in [0.4, 0.5) is 0 Å². The first kappa shape index (κ1) is 15.5. The van der Waals surface area contributed by atoms with Crippen LogP contribution in [0.2, 0.25) is 0 Å². The average Bonchev–Trinajstić information content (AvgIpc) is 3.15. The van der Waals surface area contributed by atoms with E-state index in [1.807, 2.05) is 18.2 Å². The molecule has 0 radical (unpaired) electrons. The molecule has 3 heterocycles. The lowest BCUT2D eigenvalue weighted by molar-refractivity contribution is -0.123. The van der Waals surface area contributed by atoms with Crippen molar-refractivity contribution in [3.05, 3.63) is 65.0 Å². The van der Waals surface area contributed by atoms with Crippen molar-refractivity contribution in [1.82, 2.24) is 15.6 Å². The number of rotatable bonds is 2. The normalized spacial score (nSPS) is 18.2. The number of aromatic amines is 1. The van der Waals surface area contributed by atoms with E-state index in [1.54, 1.807) is 24.4 Å². The van der Waals surface area contributed by atoms with E-state index in [2.05, 4.69) is 15.6 Å². The van der Waals surface area contributed by atoms with Crippen molar-refractivity contribution in [2.24, 2.45) is 0 Å². The molecule has 3 aromatic rings. The fourth-order valence-electron chi connectivity index (χ4n) is 3.86. The summed E-state index contributed by atoms with van der Waals surface area (Å²) >= 11 is 0. The average molecular weight is 361 g/mol. The second kappa shape index (κ2) is 5.38. The van der Waals surface area contributed by atoms with Gasteiger partial charge < -0.3 is 20.1 Å². The quantitative estimate of drug-likeness (QED) is 0.523. The summed E-state index contributed by atoms with van der Waals surface area (Å²) in [6.45, 7) is 0. The third kappa shape index (κ3) is 2.08. The number of nitrogens with one attached hydrogen (secondary N) is 3. The van der Waals surface area contributed by atoms with Crippen LogP contribution in [0.15, 0.2) is 48.3 Å². The van der Waals surface area contributed by atoms with Gasteiger partial charge in [0.1, 0.15) is 5.70 Å². The van der Waals surface area contributed by atoms with Gasteiger partial charge in [0, 0.05) is 22.7 Å². The monoisotopic (exact) mass is 361 g/mol. The Morgan fingerprint density at radius 1 is 1.11 bits per heavy atom. The predicted molar refractivity (Wildman–Crippen MR) is 98.0 cm³/mol. The number of amides is 2. The molecule has 2 aliphatic heterocycles. The molecule has 0 spiro atoms. The smallest absolute Gasteiger partial charge is 0.275 e. The van der Waals surface area contributed by atoms with Crippen LogP contribution in [0.3, 0.4) is 0 Å². The predicted octanol–water partition coefficient (Wildman–Crippen LogP) is 1.94. The maximum absolute atomic E-state index is 12.4. The minimum atomic E-state index is -0.451.